The maximum atomic E-state index is 10.9. The molecule has 3 nitrogen and oxygen atoms in total. The predicted octanol–water partition coefficient (Wildman–Crippen LogP) is 2.61. The quantitative estimate of drug-likeness (QED) is 0.720. The molecule has 2 rings (SSSR count). The van der Waals surface area contributed by atoms with Crippen molar-refractivity contribution in [2.24, 2.45) is 0 Å². The number of hydrogen-bond donors (Lipinski definition) is 0. The SMILES string of the molecule is Cc1cccc(-n2nc(C)c(C=O)c2C)c1. The number of carbonyl (C=O) groups excluding carboxylic acids is 1. The summed E-state index contributed by atoms with van der Waals surface area (Å²) in [7, 11) is 0. The summed E-state index contributed by atoms with van der Waals surface area (Å²) in [6, 6.07) is 8.06. The number of benzene rings is 1. The molecule has 0 bridgehead atoms. The fourth-order valence-corrected chi connectivity index (χ4v) is 1.84. The minimum Gasteiger partial charge on any atom is -0.298 e. The number of aryl methyl sites for hydroxylation is 2. The summed E-state index contributed by atoms with van der Waals surface area (Å²) in [5, 5.41) is 4.38. The number of hydrogen-bond acceptors (Lipinski definition) is 2. The van der Waals surface area contributed by atoms with E-state index in [1.807, 2.05) is 49.7 Å². The Morgan fingerprint density at radius 3 is 2.56 bits per heavy atom. The highest BCUT2D eigenvalue weighted by Crippen LogP contribution is 2.16. The molecule has 16 heavy (non-hydrogen) atoms. The van der Waals surface area contributed by atoms with E-state index in [4.69, 9.17) is 0 Å². The van der Waals surface area contributed by atoms with Gasteiger partial charge in [-0.2, -0.15) is 5.10 Å². The van der Waals surface area contributed by atoms with E-state index < -0.39 is 0 Å². The lowest BCUT2D eigenvalue weighted by molar-refractivity contribution is 0.112. The van der Waals surface area contributed by atoms with Gasteiger partial charge in [0.2, 0.25) is 0 Å². The van der Waals surface area contributed by atoms with E-state index in [0.717, 1.165) is 23.4 Å². The maximum Gasteiger partial charge on any atom is 0.153 e. The topological polar surface area (TPSA) is 34.9 Å². The van der Waals surface area contributed by atoms with Crippen LogP contribution in [-0.2, 0) is 0 Å². The van der Waals surface area contributed by atoms with Gasteiger partial charge < -0.3 is 0 Å². The monoisotopic (exact) mass is 214 g/mol. The normalized spacial score (nSPS) is 10.4. The highest BCUT2D eigenvalue weighted by atomic mass is 16.1. The van der Waals surface area contributed by atoms with E-state index in [2.05, 4.69) is 5.10 Å². The third-order valence-corrected chi connectivity index (χ3v) is 2.71. The van der Waals surface area contributed by atoms with Gasteiger partial charge in [0.05, 0.1) is 22.6 Å². The van der Waals surface area contributed by atoms with E-state index >= 15 is 0 Å². The summed E-state index contributed by atoms with van der Waals surface area (Å²) in [5.74, 6) is 0. The van der Waals surface area contributed by atoms with Gasteiger partial charge in [0.15, 0.2) is 6.29 Å². The highest BCUT2D eigenvalue weighted by Gasteiger charge is 2.11. The van der Waals surface area contributed by atoms with Crippen molar-refractivity contribution in [3.05, 3.63) is 46.8 Å². The fraction of sp³-hybridized carbons (Fsp3) is 0.231. The molecule has 0 aliphatic carbocycles. The Labute approximate surface area is 94.7 Å². The Morgan fingerprint density at radius 1 is 1.25 bits per heavy atom. The fourth-order valence-electron chi connectivity index (χ4n) is 1.84. The maximum absolute atomic E-state index is 10.9. The molecule has 0 saturated carbocycles. The highest BCUT2D eigenvalue weighted by molar-refractivity contribution is 5.78. The van der Waals surface area contributed by atoms with Crippen LogP contribution in [-0.4, -0.2) is 16.1 Å². The summed E-state index contributed by atoms with van der Waals surface area (Å²) in [6.45, 7) is 5.80. The molecule has 3 heteroatoms. The largest absolute Gasteiger partial charge is 0.298 e. The molecule has 0 saturated heterocycles. The van der Waals surface area contributed by atoms with Gasteiger partial charge in [-0.05, 0) is 38.5 Å². The first-order valence-electron chi connectivity index (χ1n) is 5.22. The average Bonchev–Trinajstić information content (AvgIpc) is 2.54. The number of carbonyl (C=O) groups is 1. The molecule has 0 amide bonds. The molecule has 0 aliphatic heterocycles. The molecule has 0 atom stereocenters. The molecule has 82 valence electrons. The summed E-state index contributed by atoms with van der Waals surface area (Å²) < 4.78 is 1.81. The van der Waals surface area contributed by atoms with Gasteiger partial charge in [0.25, 0.3) is 0 Å². The molecule has 1 heterocycles. The second-order valence-electron chi connectivity index (χ2n) is 3.95. The molecule has 1 aromatic heterocycles. The lowest BCUT2D eigenvalue weighted by Crippen LogP contribution is -1.99. The van der Waals surface area contributed by atoms with Crippen molar-refractivity contribution >= 4 is 6.29 Å². The number of aromatic nitrogens is 2. The van der Waals surface area contributed by atoms with Crippen LogP contribution in [0.15, 0.2) is 24.3 Å². The van der Waals surface area contributed by atoms with Gasteiger partial charge in [-0.15, -0.1) is 0 Å². The molecule has 0 N–H and O–H groups in total. The zero-order valence-corrected chi connectivity index (χ0v) is 9.69. The van der Waals surface area contributed by atoms with Gasteiger partial charge >= 0.3 is 0 Å². The van der Waals surface area contributed by atoms with Crippen molar-refractivity contribution in [1.82, 2.24) is 9.78 Å². The van der Waals surface area contributed by atoms with Crippen LogP contribution in [0.3, 0.4) is 0 Å². The van der Waals surface area contributed by atoms with Crippen LogP contribution < -0.4 is 0 Å². The second kappa shape index (κ2) is 3.93. The van der Waals surface area contributed by atoms with Crippen LogP contribution >= 0.6 is 0 Å². The van der Waals surface area contributed by atoms with Crippen molar-refractivity contribution < 1.29 is 4.79 Å². The zero-order chi connectivity index (χ0) is 11.7. The Hall–Kier alpha value is -1.90. The lowest BCUT2D eigenvalue weighted by Gasteiger charge is -2.04. The van der Waals surface area contributed by atoms with E-state index in [0.29, 0.717) is 5.56 Å². The molecule has 0 unspecified atom stereocenters. The van der Waals surface area contributed by atoms with Gasteiger partial charge in [0.1, 0.15) is 0 Å². The number of nitrogens with zero attached hydrogens (tertiary/aromatic N) is 2. The van der Waals surface area contributed by atoms with E-state index in [9.17, 15) is 4.79 Å². The predicted molar refractivity (Wildman–Crippen MR) is 63.2 cm³/mol. The molecule has 0 spiro atoms. The van der Waals surface area contributed by atoms with Crippen molar-refractivity contribution in [3.63, 3.8) is 0 Å². The van der Waals surface area contributed by atoms with Crippen molar-refractivity contribution in [1.29, 1.82) is 0 Å². The molecular formula is C13H14N2O. The van der Waals surface area contributed by atoms with Crippen LogP contribution in [0.25, 0.3) is 5.69 Å². The molecule has 1 aromatic carbocycles. The molecule has 0 radical (unpaired) electrons. The molecular weight excluding hydrogens is 200 g/mol. The van der Waals surface area contributed by atoms with E-state index in [-0.39, 0.29) is 0 Å². The van der Waals surface area contributed by atoms with Crippen molar-refractivity contribution in [2.75, 3.05) is 0 Å². The minimum absolute atomic E-state index is 0.682. The third kappa shape index (κ3) is 1.65. The molecule has 0 aliphatic rings. The first kappa shape index (κ1) is 10.6. The Kier molecular flexibility index (Phi) is 2.60. The first-order valence-corrected chi connectivity index (χ1v) is 5.22. The summed E-state index contributed by atoms with van der Waals surface area (Å²) >= 11 is 0. The molecule has 2 aromatic rings. The second-order valence-corrected chi connectivity index (χ2v) is 3.95. The van der Waals surface area contributed by atoms with Crippen LogP contribution in [0.1, 0.15) is 27.3 Å². The van der Waals surface area contributed by atoms with E-state index in [1.165, 1.54) is 5.56 Å². The van der Waals surface area contributed by atoms with Crippen LogP contribution in [0.4, 0.5) is 0 Å². The standard InChI is InChI=1S/C13H14N2O/c1-9-5-4-6-12(7-9)15-11(3)13(8-16)10(2)14-15/h4-8H,1-3H3. The van der Waals surface area contributed by atoms with Crippen LogP contribution in [0.2, 0.25) is 0 Å². The van der Waals surface area contributed by atoms with Crippen molar-refractivity contribution in [2.45, 2.75) is 20.8 Å². The summed E-state index contributed by atoms with van der Waals surface area (Å²) in [5.41, 5.74) is 4.51. The summed E-state index contributed by atoms with van der Waals surface area (Å²) in [6.07, 6.45) is 0.865. The smallest absolute Gasteiger partial charge is 0.153 e. The average molecular weight is 214 g/mol. The Bertz CT molecular complexity index is 541. The van der Waals surface area contributed by atoms with Gasteiger partial charge in [-0.25, -0.2) is 4.68 Å². The number of aldehydes is 1. The van der Waals surface area contributed by atoms with Crippen LogP contribution in [0.5, 0.6) is 0 Å². The van der Waals surface area contributed by atoms with Gasteiger partial charge in [0, 0.05) is 0 Å². The first-order chi connectivity index (χ1) is 7.63. The Balaban J connectivity index is 2.61. The molecule has 0 fully saturated rings. The minimum atomic E-state index is 0.682. The van der Waals surface area contributed by atoms with Gasteiger partial charge in [-0.3, -0.25) is 4.79 Å². The summed E-state index contributed by atoms with van der Waals surface area (Å²) in [4.78, 5) is 10.9. The van der Waals surface area contributed by atoms with Crippen molar-refractivity contribution in [3.8, 4) is 5.69 Å². The van der Waals surface area contributed by atoms with E-state index in [1.54, 1.807) is 0 Å². The number of rotatable bonds is 2. The zero-order valence-electron chi connectivity index (χ0n) is 9.69. The van der Waals surface area contributed by atoms with Gasteiger partial charge in [-0.1, -0.05) is 12.1 Å². The lowest BCUT2D eigenvalue weighted by atomic mass is 10.2. The Morgan fingerprint density at radius 2 is 2.00 bits per heavy atom. The third-order valence-electron chi connectivity index (χ3n) is 2.71. The van der Waals surface area contributed by atoms with Crippen LogP contribution in [0, 0.1) is 20.8 Å².